The smallest absolute Gasteiger partial charge is 0.338 e. The van der Waals surface area contributed by atoms with Crippen LogP contribution in [0.3, 0.4) is 0 Å². The third-order valence-electron chi connectivity index (χ3n) is 4.08. The van der Waals surface area contributed by atoms with Crippen molar-refractivity contribution in [2.75, 3.05) is 25.5 Å². The van der Waals surface area contributed by atoms with Gasteiger partial charge in [0.05, 0.1) is 12.1 Å². The molecular weight excluding hydrogens is 344 g/mol. The molecule has 6 nitrogen and oxygen atoms in total. The summed E-state index contributed by atoms with van der Waals surface area (Å²) in [7, 11) is 1.49. The van der Waals surface area contributed by atoms with Crippen LogP contribution in [0.25, 0.3) is 0 Å². The first-order valence-electron chi connectivity index (χ1n) is 8.61. The Morgan fingerprint density at radius 2 is 1.59 bits per heavy atom. The molecule has 1 N–H and O–H groups in total. The van der Waals surface area contributed by atoms with Gasteiger partial charge in [-0.2, -0.15) is 0 Å². The van der Waals surface area contributed by atoms with Gasteiger partial charge in [0.15, 0.2) is 6.61 Å². The summed E-state index contributed by atoms with van der Waals surface area (Å²) in [5, 5.41) is 2.72. The van der Waals surface area contributed by atoms with Gasteiger partial charge in [0.25, 0.3) is 5.91 Å². The molecule has 0 unspecified atom stereocenters. The van der Waals surface area contributed by atoms with E-state index in [4.69, 9.17) is 4.74 Å². The van der Waals surface area contributed by atoms with Crippen LogP contribution >= 0.6 is 0 Å². The molecule has 0 bridgehead atoms. The fraction of sp³-hybridized carbons (Fsp3) is 0.286. The van der Waals surface area contributed by atoms with Gasteiger partial charge in [-0.1, -0.05) is 35.4 Å². The fourth-order valence-corrected chi connectivity index (χ4v) is 2.41. The lowest BCUT2D eigenvalue weighted by Gasteiger charge is -2.17. The monoisotopic (exact) mass is 368 g/mol. The van der Waals surface area contributed by atoms with Gasteiger partial charge in [-0.15, -0.1) is 0 Å². The molecule has 0 aromatic heterocycles. The largest absolute Gasteiger partial charge is 0.452 e. The maximum atomic E-state index is 12.2. The molecule has 0 aliphatic carbocycles. The number of carbonyl (C=O) groups is 3. The zero-order valence-corrected chi connectivity index (χ0v) is 16.0. The number of amides is 2. The summed E-state index contributed by atoms with van der Waals surface area (Å²) in [4.78, 5) is 37.6. The highest BCUT2D eigenvalue weighted by Gasteiger charge is 2.17. The van der Waals surface area contributed by atoms with Crippen LogP contribution in [0.2, 0.25) is 0 Å². The van der Waals surface area contributed by atoms with Gasteiger partial charge in [-0.3, -0.25) is 9.59 Å². The van der Waals surface area contributed by atoms with Crippen molar-refractivity contribution in [3.05, 3.63) is 64.7 Å². The maximum absolute atomic E-state index is 12.2. The van der Waals surface area contributed by atoms with Crippen LogP contribution in [-0.2, 0) is 14.3 Å². The molecule has 0 aliphatic rings. The molecular formula is C21H24N2O4. The number of anilines is 1. The number of likely N-dealkylation sites (N-methyl/N-ethyl adjacent to an activating group) is 1. The van der Waals surface area contributed by atoms with E-state index in [1.54, 1.807) is 25.1 Å². The number of hydrogen-bond acceptors (Lipinski definition) is 4. The van der Waals surface area contributed by atoms with Crippen molar-refractivity contribution >= 4 is 23.5 Å². The highest BCUT2D eigenvalue weighted by atomic mass is 16.5. The lowest BCUT2D eigenvalue weighted by atomic mass is 10.1. The van der Waals surface area contributed by atoms with Crippen molar-refractivity contribution in [2.45, 2.75) is 20.8 Å². The van der Waals surface area contributed by atoms with E-state index in [1.165, 1.54) is 11.9 Å². The molecule has 0 saturated heterocycles. The first-order valence-corrected chi connectivity index (χ1v) is 8.61. The van der Waals surface area contributed by atoms with Crippen LogP contribution in [0.4, 0.5) is 5.69 Å². The number of hydrogen-bond donors (Lipinski definition) is 1. The summed E-state index contributed by atoms with van der Waals surface area (Å²) in [5.41, 5.74) is 3.90. The SMILES string of the molecule is Cc1ccc(NC(=O)CN(C)C(=O)COC(=O)c2cc(C)ccc2C)cc1. The second-order valence-electron chi connectivity index (χ2n) is 6.56. The first-order chi connectivity index (χ1) is 12.8. The lowest BCUT2D eigenvalue weighted by Crippen LogP contribution is -2.37. The Morgan fingerprint density at radius 3 is 2.26 bits per heavy atom. The van der Waals surface area contributed by atoms with Crippen molar-refractivity contribution in [1.29, 1.82) is 0 Å². The van der Waals surface area contributed by atoms with Gasteiger partial charge in [0.1, 0.15) is 0 Å². The van der Waals surface area contributed by atoms with E-state index in [9.17, 15) is 14.4 Å². The number of benzene rings is 2. The van der Waals surface area contributed by atoms with Crippen LogP contribution in [-0.4, -0.2) is 42.9 Å². The van der Waals surface area contributed by atoms with Gasteiger partial charge < -0.3 is 15.0 Å². The van der Waals surface area contributed by atoms with Crippen LogP contribution in [0.1, 0.15) is 27.0 Å². The van der Waals surface area contributed by atoms with Crippen molar-refractivity contribution < 1.29 is 19.1 Å². The highest BCUT2D eigenvalue weighted by molar-refractivity contribution is 5.96. The van der Waals surface area contributed by atoms with Crippen LogP contribution in [0.15, 0.2) is 42.5 Å². The quantitative estimate of drug-likeness (QED) is 0.796. The molecule has 0 aliphatic heterocycles. The molecule has 6 heteroatoms. The van der Waals surface area contributed by atoms with E-state index >= 15 is 0 Å². The minimum absolute atomic E-state index is 0.131. The molecule has 142 valence electrons. The Morgan fingerprint density at radius 1 is 0.963 bits per heavy atom. The molecule has 2 aromatic carbocycles. The minimum atomic E-state index is -0.554. The Bertz CT molecular complexity index is 844. The van der Waals surface area contributed by atoms with Gasteiger partial charge in [0, 0.05) is 12.7 Å². The number of carbonyl (C=O) groups excluding carboxylic acids is 3. The molecule has 0 heterocycles. The molecule has 0 spiro atoms. The second kappa shape index (κ2) is 8.98. The van der Waals surface area contributed by atoms with E-state index < -0.39 is 18.5 Å². The van der Waals surface area contributed by atoms with Crippen molar-refractivity contribution in [1.82, 2.24) is 4.90 Å². The van der Waals surface area contributed by atoms with Crippen molar-refractivity contribution in [2.24, 2.45) is 0 Å². The summed E-state index contributed by atoms with van der Waals surface area (Å²) in [6, 6.07) is 12.8. The predicted octanol–water partition coefficient (Wildman–Crippen LogP) is 2.87. The maximum Gasteiger partial charge on any atom is 0.338 e. The zero-order valence-electron chi connectivity index (χ0n) is 16.0. The van der Waals surface area contributed by atoms with E-state index in [1.807, 2.05) is 38.1 Å². The number of ether oxygens (including phenoxy) is 1. The van der Waals surface area contributed by atoms with Crippen LogP contribution in [0.5, 0.6) is 0 Å². The minimum Gasteiger partial charge on any atom is -0.452 e. The Kier molecular flexibility index (Phi) is 6.71. The molecule has 0 fully saturated rings. The Balaban J connectivity index is 1.84. The average Bonchev–Trinajstić information content (AvgIpc) is 2.63. The van der Waals surface area contributed by atoms with Gasteiger partial charge in [-0.25, -0.2) is 4.79 Å². The summed E-state index contributed by atoms with van der Waals surface area (Å²) in [6.45, 7) is 5.09. The molecule has 0 saturated carbocycles. The van der Waals surface area contributed by atoms with Crippen LogP contribution in [0, 0.1) is 20.8 Å². The Hall–Kier alpha value is -3.15. The molecule has 2 amide bonds. The van der Waals surface area contributed by atoms with Gasteiger partial charge in [0.2, 0.25) is 5.91 Å². The number of rotatable bonds is 6. The van der Waals surface area contributed by atoms with E-state index in [0.29, 0.717) is 11.3 Å². The van der Waals surface area contributed by atoms with E-state index in [0.717, 1.165) is 16.7 Å². The molecule has 2 aromatic rings. The van der Waals surface area contributed by atoms with E-state index in [-0.39, 0.29) is 12.5 Å². The topological polar surface area (TPSA) is 75.7 Å². The van der Waals surface area contributed by atoms with Crippen molar-refractivity contribution in [3.63, 3.8) is 0 Å². The normalized spacial score (nSPS) is 10.2. The Labute approximate surface area is 159 Å². The van der Waals surface area contributed by atoms with Crippen molar-refractivity contribution in [3.8, 4) is 0 Å². The molecule has 2 rings (SSSR count). The first kappa shape index (κ1) is 20.2. The van der Waals surface area contributed by atoms with Gasteiger partial charge >= 0.3 is 5.97 Å². The lowest BCUT2D eigenvalue weighted by molar-refractivity contribution is -0.136. The number of aryl methyl sites for hydroxylation is 3. The average molecular weight is 368 g/mol. The third-order valence-corrected chi connectivity index (χ3v) is 4.08. The highest BCUT2D eigenvalue weighted by Crippen LogP contribution is 2.12. The third kappa shape index (κ3) is 5.95. The van der Waals surface area contributed by atoms with Crippen LogP contribution < -0.4 is 5.32 Å². The number of esters is 1. The second-order valence-corrected chi connectivity index (χ2v) is 6.56. The number of nitrogens with zero attached hydrogens (tertiary/aromatic N) is 1. The number of nitrogens with one attached hydrogen (secondary N) is 1. The zero-order chi connectivity index (χ0) is 20.0. The summed E-state index contributed by atoms with van der Waals surface area (Å²) in [6.07, 6.45) is 0. The molecule has 27 heavy (non-hydrogen) atoms. The van der Waals surface area contributed by atoms with E-state index in [2.05, 4.69) is 5.32 Å². The predicted molar refractivity (Wildman–Crippen MR) is 104 cm³/mol. The molecule has 0 radical (unpaired) electrons. The standard InChI is InChI=1S/C21H24N2O4/c1-14-6-9-17(10-7-14)22-19(24)12-23(4)20(25)13-27-21(26)18-11-15(2)5-8-16(18)3/h5-11H,12-13H2,1-4H3,(H,22,24). The fourth-order valence-electron chi connectivity index (χ4n) is 2.41. The summed E-state index contributed by atoms with van der Waals surface area (Å²) in [5.74, 6) is -1.33. The van der Waals surface area contributed by atoms with Gasteiger partial charge in [-0.05, 0) is 44.5 Å². The summed E-state index contributed by atoms with van der Waals surface area (Å²) < 4.78 is 5.10. The summed E-state index contributed by atoms with van der Waals surface area (Å²) >= 11 is 0. The molecule has 0 atom stereocenters.